The summed E-state index contributed by atoms with van der Waals surface area (Å²) in [7, 11) is 0. The standard InChI is InChI=1S/C21H21N7O/c1-3-15-7-4-5-9-17(15)25-19(29)13-23-18-11-14(2)24-21-26-20(27-28(18)21)16-8-6-10-22-12-16/h4-12,23H,3,13H2,1-2H3,(H,25,29). The number of amides is 1. The van der Waals surface area contributed by atoms with Crippen molar-refractivity contribution in [2.75, 3.05) is 17.2 Å². The van der Waals surface area contributed by atoms with Crippen LogP contribution in [0.4, 0.5) is 11.5 Å². The molecule has 0 spiro atoms. The highest BCUT2D eigenvalue weighted by Crippen LogP contribution is 2.18. The van der Waals surface area contributed by atoms with Crippen LogP contribution in [-0.2, 0) is 11.2 Å². The first-order chi connectivity index (χ1) is 14.1. The van der Waals surface area contributed by atoms with Crippen molar-refractivity contribution in [3.05, 3.63) is 66.1 Å². The van der Waals surface area contributed by atoms with Crippen molar-refractivity contribution in [3.63, 3.8) is 0 Å². The molecule has 0 atom stereocenters. The summed E-state index contributed by atoms with van der Waals surface area (Å²) in [5.41, 5.74) is 3.51. The average Bonchev–Trinajstić information content (AvgIpc) is 3.17. The number of pyridine rings is 1. The Bertz CT molecular complexity index is 1150. The topological polar surface area (TPSA) is 97.1 Å². The Morgan fingerprint density at radius 1 is 1.14 bits per heavy atom. The van der Waals surface area contributed by atoms with E-state index in [4.69, 9.17) is 0 Å². The zero-order chi connectivity index (χ0) is 20.2. The zero-order valence-electron chi connectivity index (χ0n) is 16.3. The molecule has 4 aromatic rings. The Morgan fingerprint density at radius 3 is 2.79 bits per heavy atom. The van der Waals surface area contributed by atoms with Crippen LogP contribution in [0.2, 0.25) is 0 Å². The molecule has 146 valence electrons. The summed E-state index contributed by atoms with van der Waals surface area (Å²) in [6.07, 6.45) is 4.25. The summed E-state index contributed by atoms with van der Waals surface area (Å²) in [5, 5.41) is 10.6. The minimum absolute atomic E-state index is 0.0959. The Hall–Kier alpha value is -3.81. The van der Waals surface area contributed by atoms with Crippen LogP contribution < -0.4 is 10.6 Å². The molecule has 0 saturated carbocycles. The zero-order valence-corrected chi connectivity index (χ0v) is 16.3. The lowest BCUT2D eigenvalue weighted by Gasteiger charge is -2.11. The van der Waals surface area contributed by atoms with E-state index in [9.17, 15) is 4.79 Å². The van der Waals surface area contributed by atoms with E-state index < -0.39 is 0 Å². The molecule has 0 bridgehead atoms. The van der Waals surface area contributed by atoms with Gasteiger partial charge in [-0.15, -0.1) is 5.10 Å². The second-order valence-corrected chi connectivity index (χ2v) is 6.58. The number of aryl methyl sites for hydroxylation is 2. The molecule has 8 nitrogen and oxygen atoms in total. The summed E-state index contributed by atoms with van der Waals surface area (Å²) in [6.45, 7) is 4.03. The smallest absolute Gasteiger partial charge is 0.254 e. The van der Waals surface area contributed by atoms with Crippen LogP contribution in [0.25, 0.3) is 17.2 Å². The predicted molar refractivity (Wildman–Crippen MR) is 112 cm³/mol. The second kappa shape index (κ2) is 8.05. The van der Waals surface area contributed by atoms with Gasteiger partial charge < -0.3 is 10.6 Å². The number of nitrogens with one attached hydrogen (secondary N) is 2. The van der Waals surface area contributed by atoms with Crippen LogP contribution in [0.3, 0.4) is 0 Å². The first-order valence-corrected chi connectivity index (χ1v) is 9.40. The Kier molecular flexibility index (Phi) is 5.15. The molecule has 1 aromatic carbocycles. The third kappa shape index (κ3) is 4.06. The average molecular weight is 387 g/mol. The maximum Gasteiger partial charge on any atom is 0.254 e. The first kappa shape index (κ1) is 18.5. The number of para-hydroxylation sites is 1. The molecule has 0 saturated heterocycles. The van der Waals surface area contributed by atoms with Crippen molar-refractivity contribution >= 4 is 23.2 Å². The van der Waals surface area contributed by atoms with Crippen LogP contribution in [0.1, 0.15) is 18.2 Å². The second-order valence-electron chi connectivity index (χ2n) is 6.58. The molecule has 2 N–H and O–H groups in total. The van der Waals surface area contributed by atoms with E-state index in [1.165, 1.54) is 0 Å². The fourth-order valence-electron chi connectivity index (χ4n) is 3.05. The van der Waals surface area contributed by atoms with Gasteiger partial charge in [-0.2, -0.15) is 9.50 Å². The largest absolute Gasteiger partial charge is 0.361 e. The minimum Gasteiger partial charge on any atom is -0.361 e. The number of benzene rings is 1. The number of carbonyl (C=O) groups excluding carboxylic acids is 1. The summed E-state index contributed by atoms with van der Waals surface area (Å²) in [4.78, 5) is 25.5. The quantitative estimate of drug-likeness (QED) is 0.528. The lowest BCUT2D eigenvalue weighted by Crippen LogP contribution is -2.23. The fraction of sp³-hybridized carbons (Fsp3) is 0.190. The minimum atomic E-state index is -0.138. The molecule has 1 amide bonds. The summed E-state index contributed by atoms with van der Waals surface area (Å²) in [6, 6.07) is 13.3. The molecular formula is C21H21N7O. The lowest BCUT2D eigenvalue weighted by atomic mass is 10.1. The SMILES string of the molecule is CCc1ccccc1NC(=O)CNc1cc(C)nc2nc(-c3cccnc3)nn12. The normalized spacial score (nSPS) is 10.8. The number of rotatable bonds is 6. The third-order valence-corrected chi connectivity index (χ3v) is 4.46. The molecule has 8 heteroatoms. The lowest BCUT2D eigenvalue weighted by molar-refractivity contribution is -0.114. The number of carbonyl (C=O) groups is 1. The summed E-state index contributed by atoms with van der Waals surface area (Å²) < 4.78 is 1.60. The highest BCUT2D eigenvalue weighted by Gasteiger charge is 2.13. The maximum atomic E-state index is 12.5. The highest BCUT2D eigenvalue weighted by atomic mass is 16.1. The highest BCUT2D eigenvalue weighted by molar-refractivity contribution is 5.94. The number of aromatic nitrogens is 5. The van der Waals surface area contributed by atoms with Crippen LogP contribution in [0.15, 0.2) is 54.9 Å². The van der Waals surface area contributed by atoms with Crippen molar-refractivity contribution in [2.24, 2.45) is 0 Å². The monoisotopic (exact) mass is 387 g/mol. The molecular weight excluding hydrogens is 366 g/mol. The summed E-state index contributed by atoms with van der Waals surface area (Å²) in [5.74, 6) is 1.50. The van der Waals surface area contributed by atoms with Gasteiger partial charge in [0, 0.05) is 35.4 Å². The van der Waals surface area contributed by atoms with E-state index in [2.05, 4.69) is 37.6 Å². The van der Waals surface area contributed by atoms with E-state index >= 15 is 0 Å². The molecule has 0 aliphatic heterocycles. The Morgan fingerprint density at radius 2 is 2.00 bits per heavy atom. The number of hydrogen-bond donors (Lipinski definition) is 2. The van der Waals surface area contributed by atoms with E-state index in [0.717, 1.165) is 28.9 Å². The van der Waals surface area contributed by atoms with E-state index in [1.807, 2.05) is 49.4 Å². The molecule has 0 fully saturated rings. The molecule has 3 heterocycles. The number of fused-ring (bicyclic) bond motifs is 1. The fourth-order valence-corrected chi connectivity index (χ4v) is 3.05. The molecule has 0 unspecified atom stereocenters. The van der Waals surface area contributed by atoms with E-state index in [-0.39, 0.29) is 12.5 Å². The van der Waals surface area contributed by atoms with Crippen LogP contribution in [0, 0.1) is 6.92 Å². The summed E-state index contributed by atoms with van der Waals surface area (Å²) >= 11 is 0. The van der Waals surface area contributed by atoms with Crippen molar-refractivity contribution in [2.45, 2.75) is 20.3 Å². The Balaban J connectivity index is 1.54. The van der Waals surface area contributed by atoms with Crippen molar-refractivity contribution < 1.29 is 4.79 Å². The van der Waals surface area contributed by atoms with Gasteiger partial charge in [0.05, 0.1) is 6.54 Å². The first-order valence-electron chi connectivity index (χ1n) is 9.40. The molecule has 0 aliphatic rings. The predicted octanol–water partition coefficient (Wildman–Crippen LogP) is 3.11. The molecule has 3 aromatic heterocycles. The van der Waals surface area contributed by atoms with Gasteiger partial charge in [-0.1, -0.05) is 25.1 Å². The van der Waals surface area contributed by atoms with Gasteiger partial charge in [-0.3, -0.25) is 9.78 Å². The Labute approximate surface area is 168 Å². The number of hydrogen-bond acceptors (Lipinski definition) is 6. The third-order valence-electron chi connectivity index (χ3n) is 4.46. The maximum absolute atomic E-state index is 12.5. The van der Waals surface area contributed by atoms with Gasteiger partial charge in [-0.25, -0.2) is 4.98 Å². The van der Waals surface area contributed by atoms with Crippen LogP contribution >= 0.6 is 0 Å². The van der Waals surface area contributed by atoms with Crippen molar-refractivity contribution in [3.8, 4) is 11.4 Å². The van der Waals surface area contributed by atoms with Gasteiger partial charge >= 0.3 is 0 Å². The van der Waals surface area contributed by atoms with Gasteiger partial charge in [0.25, 0.3) is 5.78 Å². The molecule has 29 heavy (non-hydrogen) atoms. The molecule has 0 aliphatic carbocycles. The van der Waals surface area contributed by atoms with Crippen LogP contribution in [0.5, 0.6) is 0 Å². The molecule has 0 radical (unpaired) electrons. The number of anilines is 2. The van der Waals surface area contributed by atoms with E-state index in [0.29, 0.717) is 17.4 Å². The van der Waals surface area contributed by atoms with Gasteiger partial charge in [0.2, 0.25) is 5.91 Å². The van der Waals surface area contributed by atoms with Crippen molar-refractivity contribution in [1.29, 1.82) is 0 Å². The van der Waals surface area contributed by atoms with Crippen molar-refractivity contribution in [1.82, 2.24) is 24.6 Å². The van der Waals surface area contributed by atoms with Gasteiger partial charge in [0.1, 0.15) is 5.82 Å². The van der Waals surface area contributed by atoms with Crippen LogP contribution in [-0.4, -0.2) is 37.0 Å². The number of nitrogens with zero attached hydrogens (tertiary/aromatic N) is 5. The van der Waals surface area contributed by atoms with Gasteiger partial charge in [0.15, 0.2) is 5.82 Å². The molecule has 4 rings (SSSR count). The van der Waals surface area contributed by atoms with E-state index in [1.54, 1.807) is 16.9 Å². The van der Waals surface area contributed by atoms with Gasteiger partial charge in [-0.05, 0) is 37.1 Å².